The van der Waals surface area contributed by atoms with Crippen molar-refractivity contribution in [3.63, 3.8) is 0 Å². The summed E-state index contributed by atoms with van der Waals surface area (Å²) in [7, 11) is 1.61. The molecule has 4 nitrogen and oxygen atoms in total. The molecular formula is C22H24N2O2S. The minimum atomic E-state index is -0.165. The Balaban J connectivity index is 1.90. The molecule has 0 aliphatic heterocycles. The van der Waals surface area contributed by atoms with Crippen LogP contribution in [0.4, 0.5) is 5.13 Å². The molecule has 2 aromatic carbocycles. The molecule has 0 aliphatic carbocycles. The van der Waals surface area contributed by atoms with Crippen molar-refractivity contribution in [2.45, 2.75) is 33.6 Å². The zero-order valence-electron chi connectivity index (χ0n) is 16.1. The predicted molar refractivity (Wildman–Crippen MR) is 112 cm³/mol. The van der Waals surface area contributed by atoms with Crippen molar-refractivity contribution in [1.29, 1.82) is 0 Å². The Morgan fingerprint density at radius 1 is 1.15 bits per heavy atom. The van der Waals surface area contributed by atoms with Crippen molar-refractivity contribution < 1.29 is 9.53 Å². The van der Waals surface area contributed by atoms with Crippen LogP contribution in [0, 0.1) is 13.8 Å². The zero-order valence-corrected chi connectivity index (χ0v) is 16.9. The second kappa shape index (κ2) is 8.35. The Bertz CT molecular complexity index is 945. The molecule has 3 rings (SSSR count). The highest BCUT2D eigenvalue weighted by Crippen LogP contribution is 2.34. The number of benzene rings is 2. The largest absolute Gasteiger partial charge is 0.497 e. The van der Waals surface area contributed by atoms with Crippen LogP contribution in [0.2, 0.25) is 0 Å². The van der Waals surface area contributed by atoms with E-state index >= 15 is 0 Å². The maximum Gasteiger partial charge on any atom is 0.257 e. The summed E-state index contributed by atoms with van der Waals surface area (Å²) in [6, 6.07) is 13.5. The number of nitrogens with zero attached hydrogens (tertiary/aromatic N) is 1. The first-order valence-electron chi connectivity index (χ1n) is 9.04. The van der Waals surface area contributed by atoms with Gasteiger partial charge in [0.1, 0.15) is 5.75 Å². The molecule has 0 spiro atoms. The van der Waals surface area contributed by atoms with E-state index in [-0.39, 0.29) is 5.91 Å². The fourth-order valence-electron chi connectivity index (χ4n) is 2.91. The average Bonchev–Trinajstić information content (AvgIpc) is 3.06. The smallest absolute Gasteiger partial charge is 0.257 e. The number of hydrogen-bond acceptors (Lipinski definition) is 4. The highest BCUT2D eigenvalue weighted by atomic mass is 32.1. The molecule has 0 aliphatic rings. The van der Waals surface area contributed by atoms with Gasteiger partial charge in [0.05, 0.1) is 12.8 Å². The summed E-state index contributed by atoms with van der Waals surface area (Å²) in [5.41, 5.74) is 5.09. The number of aromatic nitrogens is 1. The van der Waals surface area contributed by atoms with Gasteiger partial charge in [-0.2, -0.15) is 0 Å². The first-order chi connectivity index (χ1) is 13.0. The van der Waals surface area contributed by atoms with Crippen LogP contribution in [0.1, 0.15) is 39.7 Å². The Morgan fingerprint density at radius 3 is 2.56 bits per heavy atom. The quantitative estimate of drug-likeness (QED) is 0.602. The monoisotopic (exact) mass is 380 g/mol. The van der Waals surface area contributed by atoms with Gasteiger partial charge < -0.3 is 4.74 Å². The number of thiazole rings is 1. The third kappa shape index (κ3) is 4.37. The Labute approximate surface area is 164 Å². The normalized spacial score (nSPS) is 10.7. The van der Waals surface area contributed by atoms with E-state index in [1.54, 1.807) is 42.7 Å². The summed E-state index contributed by atoms with van der Waals surface area (Å²) in [6.07, 6.45) is 1.98. The van der Waals surface area contributed by atoms with Crippen LogP contribution in [0.5, 0.6) is 5.75 Å². The number of hydrogen-bond donors (Lipinski definition) is 1. The van der Waals surface area contributed by atoms with Crippen molar-refractivity contribution in [3.05, 3.63) is 64.0 Å². The third-order valence-corrected chi connectivity index (χ3v) is 5.43. The molecule has 0 saturated carbocycles. The van der Waals surface area contributed by atoms with Gasteiger partial charge in [-0.1, -0.05) is 31.0 Å². The summed E-state index contributed by atoms with van der Waals surface area (Å²) in [5, 5.41) is 3.58. The molecule has 1 heterocycles. The minimum Gasteiger partial charge on any atom is -0.497 e. The number of nitrogens with one attached hydrogen (secondary N) is 1. The van der Waals surface area contributed by atoms with E-state index in [1.807, 2.05) is 0 Å². The van der Waals surface area contributed by atoms with Gasteiger partial charge in [0.25, 0.3) is 5.91 Å². The van der Waals surface area contributed by atoms with Crippen LogP contribution in [-0.4, -0.2) is 18.0 Å². The number of ether oxygens (including phenoxy) is 1. The number of carbonyl (C=O) groups is 1. The molecule has 0 bridgehead atoms. The van der Waals surface area contributed by atoms with E-state index in [9.17, 15) is 4.79 Å². The molecule has 140 valence electrons. The van der Waals surface area contributed by atoms with Gasteiger partial charge in [0.2, 0.25) is 0 Å². The van der Waals surface area contributed by atoms with Gasteiger partial charge in [-0.15, -0.1) is 11.3 Å². The molecule has 0 radical (unpaired) electrons. The predicted octanol–water partition coefficient (Wildman–Crippen LogP) is 5.64. The van der Waals surface area contributed by atoms with Crippen LogP contribution in [0.15, 0.2) is 42.5 Å². The first kappa shape index (κ1) is 19.1. The maximum atomic E-state index is 12.6. The van der Waals surface area contributed by atoms with Crippen molar-refractivity contribution in [3.8, 4) is 17.0 Å². The van der Waals surface area contributed by atoms with Crippen LogP contribution in [0.3, 0.4) is 0 Å². The van der Waals surface area contributed by atoms with E-state index in [0.29, 0.717) is 10.7 Å². The van der Waals surface area contributed by atoms with Gasteiger partial charge in [-0.05, 0) is 56.2 Å². The van der Waals surface area contributed by atoms with Gasteiger partial charge in [0, 0.05) is 16.0 Å². The molecule has 0 atom stereocenters. The fraction of sp³-hybridized carbons (Fsp3) is 0.273. The molecule has 0 unspecified atom stereocenters. The number of methoxy groups -OCH3 is 1. The van der Waals surface area contributed by atoms with Crippen molar-refractivity contribution in [1.82, 2.24) is 4.98 Å². The highest BCUT2D eigenvalue weighted by molar-refractivity contribution is 7.16. The lowest BCUT2D eigenvalue weighted by Crippen LogP contribution is -2.11. The summed E-state index contributed by atoms with van der Waals surface area (Å²) < 4.78 is 5.14. The third-order valence-electron chi connectivity index (χ3n) is 4.40. The molecule has 3 aromatic rings. The Kier molecular flexibility index (Phi) is 5.91. The first-order valence-corrected chi connectivity index (χ1v) is 9.86. The summed E-state index contributed by atoms with van der Waals surface area (Å²) in [5.74, 6) is 0.560. The summed E-state index contributed by atoms with van der Waals surface area (Å²) in [6.45, 7) is 6.34. The fourth-order valence-corrected chi connectivity index (χ4v) is 3.99. The Hall–Kier alpha value is -2.66. The van der Waals surface area contributed by atoms with Crippen LogP contribution < -0.4 is 10.1 Å². The average molecular weight is 381 g/mol. The van der Waals surface area contributed by atoms with E-state index in [0.717, 1.165) is 29.8 Å². The molecule has 1 amide bonds. The number of amides is 1. The second-order valence-electron chi connectivity index (χ2n) is 6.54. The van der Waals surface area contributed by atoms with E-state index < -0.39 is 0 Å². The van der Waals surface area contributed by atoms with Crippen LogP contribution in [-0.2, 0) is 6.42 Å². The standard InChI is InChI=1S/C22H24N2O2S/c1-5-6-19-20(18-13-14(2)7-8-15(18)3)23-22(27-19)24-21(25)16-9-11-17(26-4)12-10-16/h7-13H,5-6H2,1-4H3,(H,23,24,25). The van der Waals surface area contributed by atoms with Crippen LogP contribution >= 0.6 is 11.3 Å². The van der Waals surface area contributed by atoms with Gasteiger partial charge in [-0.3, -0.25) is 10.1 Å². The van der Waals surface area contributed by atoms with E-state index in [1.165, 1.54) is 16.0 Å². The molecule has 1 aromatic heterocycles. The van der Waals surface area contributed by atoms with E-state index in [2.05, 4.69) is 44.3 Å². The van der Waals surface area contributed by atoms with Crippen molar-refractivity contribution >= 4 is 22.4 Å². The van der Waals surface area contributed by atoms with Crippen molar-refractivity contribution in [2.75, 3.05) is 12.4 Å². The SMILES string of the molecule is CCCc1sc(NC(=O)c2ccc(OC)cc2)nc1-c1cc(C)ccc1C. The van der Waals surface area contributed by atoms with Gasteiger partial charge >= 0.3 is 0 Å². The lowest BCUT2D eigenvalue weighted by atomic mass is 10.0. The van der Waals surface area contributed by atoms with E-state index in [4.69, 9.17) is 9.72 Å². The molecule has 1 N–H and O–H groups in total. The lowest BCUT2D eigenvalue weighted by Gasteiger charge is -2.06. The van der Waals surface area contributed by atoms with Gasteiger partial charge in [0.15, 0.2) is 5.13 Å². The summed E-state index contributed by atoms with van der Waals surface area (Å²) >= 11 is 1.56. The number of carbonyl (C=O) groups excluding carboxylic acids is 1. The molecule has 0 saturated heterocycles. The molecule has 5 heteroatoms. The zero-order chi connectivity index (χ0) is 19.4. The van der Waals surface area contributed by atoms with Crippen molar-refractivity contribution in [2.24, 2.45) is 0 Å². The molecular weight excluding hydrogens is 356 g/mol. The second-order valence-corrected chi connectivity index (χ2v) is 7.63. The highest BCUT2D eigenvalue weighted by Gasteiger charge is 2.16. The van der Waals surface area contributed by atoms with Crippen LogP contribution in [0.25, 0.3) is 11.3 Å². The Morgan fingerprint density at radius 2 is 1.89 bits per heavy atom. The molecule has 0 fully saturated rings. The number of anilines is 1. The number of aryl methyl sites for hydroxylation is 3. The lowest BCUT2D eigenvalue weighted by molar-refractivity contribution is 0.102. The minimum absolute atomic E-state index is 0.165. The maximum absolute atomic E-state index is 12.6. The van der Waals surface area contributed by atoms with Gasteiger partial charge in [-0.25, -0.2) is 4.98 Å². The number of rotatable bonds is 6. The summed E-state index contributed by atoms with van der Waals surface area (Å²) in [4.78, 5) is 18.5. The topological polar surface area (TPSA) is 51.2 Å². The molecule has 27 heavy (non-hydrogen) atoms.